The molecule has 2 rings (SSSR count). The van der Waals surface area contributed by atoms with Crippen LogP contribution < -0.4 is 21.7 Å². The second kappa shape index (κ2) is 15.7. The number of amides is 3. The van der Waals surface area contributed by atoms with Gasteiger partial charge in [0.15, 0.2) is 0 Å². The van der Waals surface area contributed by atoms with Crippen LogP contribution in [0.1, 0.15) is 37.9 Å². The molecule has 1 aromatic carbocycles. The molecule has 1 aromatic heterocycles. The lowest BCUT2D eigenvalue weighted by Crippen LogP contribution is -2.58. The summed E-state index contributed by atoms with van der Waals surface area (Å²) in [5.41, 5.74) is 7.41. The summed E-state index contributed by atoms with van der Waals surface area (Å²) in [5.74, 6) is -2.31. The predicted molar refractivity (Wildman–Crippen MR) is 148 cm³/mol. The van der Waals surface area contributed by atoms with Crippen LogP contribution in [0.2, 0.25) is 0 Å². The number of H-pyrrole nitrogens is 1. The lowest BCUT2D eigenvalue weighted by molar-refractivity contribution is -0.142. The Kier molecular flexibility index (Phi) is 12.8. The number of imidazole rings is 1. The van der Waals surface area contributed by atoms with Crippen LogP contribution in [0, 0.1) is 5.92 Å². The molecule has 0 aliphatic carbocycles. The molecular weight excluding hydrogens is 524 g/mol. The molecule has 12 nitrogen and oxygen atoms in total. The van der Waals surface area contributed by atoms with Crippen molar-refractivity contribution in [2.24, 2.45) is 11.7 Å². The SMILES string of the molecule is CSCCC(NC(=O)C(CC(C)C)NC(=O)C(Cc1cnc[nH]1)NC(=O)C(N)Cc1ccc(O)cc1)C(=O)O. The fourth-order valence-electron chi connectivity index (χ4n) is 3.82. The number of aliphatic carboxylic acids is 1. The van der Waals surface area contributed by atoms with E-state index in [1.54, 1.807) is 12.1 Å². The van der Waals surface area contributed by atoms with Crippen LogP contribution in [-0.2, 0) is 32.0 Å². The molecular formula is C26H38N6O6S. The van der Waals surface area contributed by atoms with E-state index in [0.29, 0.717) is 11.4 Å². The molecule has 3 amide bonds. The topological polar surface area (TPSA) is 200 Å². The zero-order valence-corrected chi connectivity index (χ0v) is 23.2. The van der Waals surface area contributed by atoms with Crippen molar-refractivity contribution >= 4 is 35.5 Å². The number of carbonyl (C=O) groups excluding carboxylic acids is 3. The first-order valence-electron chi connectivity index (χ1n) is 12.6. The van der Waals surface area contributed by atoms with Gasteiger partial charge in [-0.1, -0.05) is 26.0 Å². The zero-order valence-electron chi connectivity index (χ0n) is 22.3. The average molecular weight is 563 g/mol. The Bertz CT molecular complexity index is 1080. The average Bonchev–Trinajstić information content (AvgIpc) is 3.39. The molecule has 4 atom stereocenters. The van der Waals surface area contributed by atoms with Crippen molar-refractivity contribution in [2.75, 3.05) is 12.0 Å². The minimum Gasteiger partial charge on any atom is -0.508 e. The molecule has 4 unspecified atom stereocenters. The van der Waals surface area contributed by atoms with E-state index in [2.05, 4.69) is 25.9 Å². The van der Waals surface area contributed by atoms with Gasteiger partial charge in [0.2, 0.25) is 17.7 Å². The molecule has 1 heterocycles. The van der Waals surface area contributed by atoms with Gasteiger partial charge in [0.25, 0.3) is 0 Å². The first-order valence-corrected chi connectivity index (χ1v) is 14.0. The number of aromatic hydroxyl groups is 1. The van der Waals surface area contributed by atoms with E-state index in [9.17, 15) is 29.4 Å². The highest BCUT2D eigenvalue weighted by Gasteiger charge is 2.31. The van der Waals surface area contributed by atoms with Crippen LogP contribution in [0.5, 0.6) is 5.75 Å². The number of benzene rings is 1. The van der Waals surface area contributed by atoms with Gasteiger partial charge in [0.1, 0.15) is 23.9 Å². The van der Waals surface area contributed by atoms with Crippen molar-refractivity contribution in [2.45, 2.75) is 63.7 Å². The van der Waals surface area contributed by atoms with E-state index >= 15 is 0 Å². The minimum absolute atomic E-state index is 0.00917. The maximum Gasteiger partial charge on any atom is 0.326 e. The molecule has 0 bridgehead atoms. The summed E-state index contributed by atoms with van der Waals surface area (Å²) in [6, 6.07) is 2.11. The van der Waals surface area contributed by atoms with Crippen LogP contribution >= 0.6 is 11.8 Å². The lowest BCUT2D eigenvalue weighted by Gasteiger charge is -2.26. The first-order chi connectivity index (χ1) is 18.5. The van der Waals surface area contributed by atoms with Crippen molar-refractivity contribution in [3.8, 4) is 5.75 Å². The summed E-state index contributed by atoms with van der Waals surface area (Å²) in [6.07, 6.45) is 5.54. The number of rotatable bonds is 16. The number of thioether (sulfide) groups is 1. The van der Waals surface area contributed by atoms with Gasteiger partial charge in [-0.3, -0.25) is 14.4 Å². The van der Waals surface area contributed by atoms with Crippen LogP contribution in [-0.4, -0.2) is 80.0 Å². The quantitative estimate of drug-likeness (QED) is 0.153. The van der Waals surface area contributed by atoms with Crippen LogP contribution in [0.3, 0.4) is 0 Å². The van der Waals surface area contributed by atoms with Gasteiger partial charge >= 0.3 is 5.97 Å². The normalized spacial score (nSPS) is 14.2. The smallest absolute Gasteiger partial charge is 0.326 e. The summed E-state index contributed by atoms with van der Waals surface area (Å²) in [5, 5.41) is 26.9. The summed E-state index contributed by atoms with van der Waals surface area (Å²) < 4.78 is 0. The molecule has 0 aliphatic rings. The summed E-state index contributed by atoms with van der Waals surface area (Å²) in [6.45, 7) is 3.75. The largest absolute Gasteiger partial charge is 0.508 e. The van der Waals surface area contributed by atoms with Crippen LogP contribution in [0.4, 0.5) is 0 Å². The number of carbonyl (C=O) groups is 4. The molecule has 39 heavy (non-hydrogen) atoms. The Labute approximate surface area is 231 Å². The van der Waals surface area contributed by atoms with Crippen molar-refractivity contribution in [3.63, 3.8) is 0 Å². The Morgan fingerprint density at radius 1 is 0.974 bits per heavy atom. The number of phenols is 1. The molecule has 13 heteroatoms. The van der Waals surface area contributed by atoms with E-state index < -0.39 is 47.9 Å². The maximum atomic E-state index is 13.4. The molecule has 0 radical (unpaired) electrons. The number of phenolic OH excluding ortho intramolecular Hbond substituents is 1. The van der Waals surface area contributed by atoms with E-state index in [-0.39, 0.29) is 37.4 Å². The zero-order chi connectivity index (χ0) is 28.9. The summed E-state index contributed by atoms with van der Waals surface area (Å²) in [4.78, 5) is 57.8. The van der Waals surface area contributed by atoms with E-state index in [1.165, 1.54) is 36.4 Å². The monoisotopic (exact) mass is 562 g/mol. The number of nitrogens with zero attached hydrogens (tertiary/aromatic N) is 1. The van der Waals surface area contributed by atoms with E-state index in [4.69, 9.17) is 5.73 Å². The number of carboxylic acid groups (broad SMARTS) is 1. The highest BCUT2D eigenvalue weighted by molar-refractivity contribution is 7.98. The van der Waals surface area contributed by atoms with Gasteiger partial charge in [-0.15, -0.1) is 0 Å². The fraction of sp³-hybridized carbons (Fsp3) is 0.500. The standard InChI is InChI=1S/C26H38N6O6S/c1-15(2)10-21(24(35)30-20(26(37)38)8-9-39-3)32-25(36)22(12-17-13-28-14-29-17)31-23(34)19(27)11-16-4-6-18(33)7-5-16/h4-7,13-15,19-22,33H,8-12,27H2,1-3H3,(H,28,29)(H,30,35)(H,31,34)(H,32,36)(H,37,38). The molecule has 214 valence electrons. The number of hydrogen-bond donors (Lipinski definition) is 7. The number of hydrogen-bond acceptors (Lipinski definition) is 8. The highest BCUT2D eigenvalue weighted by atomic mass is 32.2. The van der Waals surface area contributed by atoms with Gasteiger partial charge in [0, 0.05) is 18.3 Å². The van der Waals surface area contributed by atoms with Crippen molar-refractivity contribution in [3.05, 3.63) is 48.0 Å². The fourth-order valence-corrected chi connectivity index (χ4v) is 4.29. The molecule has 0 saturated carbocycles. The maximum absolute atomic E-state index is 13.4. The molecule has 0 fully saturated rings. The van der Waals surface area contributed by atoms with Crippen LogP contribution in [0.15, 0.2) is 36.8 Å². The Hall–Kier alpha value is -3.58. The molecule has 0 saturated heterocycles. The van der Waals surface area contributed by atoms with Crippen molar-refractivity contribution < 1.29 is 29.4 Å². The van der Waals surface area contributed by atoms with Gasteiger partial charge in [-0.05, 0) is 54.9 Å². The van der Waals surface area contributed by atoms with Gasteiger partial charge < -0.3 is 36.9 Å². The van der Waals surface area contributed by atoms with Crippen molar-refractivity contribution in [1.29, 1.82) is 0 Å². The Balaban J connectivity index is 2.16. The predicted octanol–water partition coefficient (Wildman–Crippen LogP) is 0.566. The number of aromatic amines is 1. The lowest BCUT2D eigenvalue weighted by atomic mass is 10.0. The number of nitrogens with one attached hydrogen (secondary N) is 4. The molecule has 8 N–H and O–H groups in total. The summed E-state index contributed by atoms with van der Waals surface area (Å²) >= 11 is 1.46. The Morgan fingerprint density at radius 2 is 1.59 bits per heavy atom. The second-order valence-electron chi connectivity index (χ2n) is 9.69. The molecule has 2 aromatic rings. The van der Waals surface area contributed by atoms with Crippen molar-refractivity contribution in [1.82, 2.24) is 25.9 Å². The third kappa shape index (κ3) is 11.0. The number of carboxylic acids is 1. The number of nitrogens with two attached hydrogens (primary N) is 1. The van der Waals surface area contributed by atoms with Crippen LogP contribution in [0.25, 0.3) is 0 Å². The molecule has 0 aliphatic heterocycles. The van der Waals surface area contributed by atoms with Gasteiger partial charge in [0.05, 0.1) is 12.4 Å². The molecule has 0 spiro atoms. The van der Waals surface area contributed by atoms with E-state index in [1.807, 2.05) is 20.1 Å². The third-order valence-electron chi connectivity index (χ3n) is 5.91. The minimum atomic E-state index is -1.15. The van der Waals surface area contributed by atoms with Gasteiger partial charge in [-0.2, -0.15) is 11.8 Å². The van der Waals surface area contributed by atoms with Gasteiger partial charge in [-0.25, -0.2) is 9.78 Å². The highest BCUT2D eigenvalue weighted by Crippen LogP contribution is 2.12. The first kappa shape index (κ1) is 31.6. The third-order valence-corrected chi connectivity index (χ3v) is 6.55. The second-order valence-corrected chi connectivity index (χ2v) is 10.7. The summed E-state index contributed by atoms with van der Waals surface area (Å²) in [7, 11) is 0. The Morgan fingerprint density at radius 3 is 2.15 bits per heavy atom. The van der Waals surface area contributed by atoms with E-state index in [0.717, 1.165) is 5.56 Å². The number of aromatic nitrogens is 2.